The van der Waals surface area contributed by atoms with E-state index in [0.717, 1.165) is 0 Å². The van der Waals surface area contributed by atoms with Crippen molar-refractivity contribution in [1.29, 1.82) is 0 Å². The highest BCUT2D eigenvalue weighted by atomic mass is 19.1. The third-order valence-corrected chi connectivity index (χ3v) is 1.13. The van der Waals surface area contributed by atoms with Crippen LogP contribution >= 0.6 is 0 Å². The van der Waals surface area contributed by atoms with E-state index in [9.17, 15) is 4.39 Å². The van der Waals surface area contributed by atoms with Crippen LogP contribution < -0.4 is 4.74 Å². The number of halogens is 1. The van der Waals surface area contributed by atoms with Gasteiger partial charge < -0.3 is 4.74 Å². The predicted molar refractivity (Wildman–Crippen MR) is 47.0 cm³/mol. The maximum Gasteiger partial charge on any atom is 0.131 e. The van der Waals surface area contributed by atoms with Crippen LogP contribution in [0, 0.1) is 0 Å². The Balaban J connectivity index is 0.00000121. The van der Waals surface area contributed by atoms with Gasteiger partial charge in [0.05, 0.1) is 0 Å². The minimum Gasteiger partial charge on any atom is -0.490 e. The molecule has 0 aromatic carbocycles. The average Bonchev–Trinajstić information content (AvgIpc) is 2.03. The van der Waals surface area contributed by atoms with E-state index in [1.165, 1.54) is 6.92 Å². The Morgan fingerprint density at radius 1 is 1.50 bits per heavy atom. The van der Waals surface area contributed by atoms with E-state index in [2.05, 4.69) is 4.98 Å². The molecule has 0 aliphatic heterocycles. The molecule has 1 atom stereocenters. The van der Waals surface area contributed by atoms with Gasteiger partial charge in [-0.25, -0.2) is 4.39 Å². The minimum absolute atomic E-state index is 0. The first-order valence-electron chi connectivity index (χ1n) is 3.46. The molecule has 0 aliphatic rings. The summed E-state index contributed by atoms with van der Waals surface area (Å²) < 4.78 is 17.3. The molecule has 2 nitrogen and oxygen atoms in total. The number of nitrogens with zero attached hydrogens (tertiary/aromatic N) is 1. The molecule has 68 valence electrons. The summed E-state index contributed by atoms with van der Waals surface area (Å²) in [5.74, 6) is 0.657. The Morgan fingerprint density at radius 2 is 2.08 bits per heavy atom. The third kappa shape index (κ3) is 3.91. The fourth-order valence-corrected chi connectivity index (χ4v) is 0.646. The molecule has 0 bridgehead atoms. The Kier molecular flexibility index (Phi) is 5.00. The van der Waals surface area contributed by atoms with E-state index in [4.69, 9.17) is 4.74 Å². The molecule has 1 aromatic rings. The molecule has 3 heteroatoms. The molecule has 0 saturated heterocycles. The van der Waals surface area contributed by atoms with Gasteiger partial charge >= 0.3 is 0 Å². The molecule has 1 aromatic heterocycles. The Bertz CT molecular complexity index is 201. The van der Waals surface area contributed by atoms with Crippen molar-refractivity contribution in [1.82, 2.24) is 4.98 Å². The summed E-state index contributed by atoms with van der Waals surface area (Å²) in [6.07, 6.45) is 2.29. The molecule has 0 radical (unpaired) electrons. The zero-order valence-electron chi connectivity index (χ0n) is 6.33. The fourth-order valence-electron chi connectivity index (χ4n) is 0.646. The lowest BCUT2D eigenvalue weighted by Gasteiger charge is -2.04. The van der Waals surface area contributed by atoms with Gasteiger partial charge in [0.2, 0.25) is 0 Å². The molecule has 0 N–H and O–H groups in total. The van der Waals surface area contributed by atoms with Crippen LogP contribution in [0.4, 0.5) is 4.39 Å². The number of rotatable bonds is 3. The van der Waals surface area contributed by atoms with Crippen molar-refractivity contribution >= 4 is 0 Å². The zero-order valence-corrected chi connectivity index (χ0v) is 6.33. The van der Waals surface area contributed by atoms with Crippen LogP contribution in [0.3, 0.4) is 0 Å². The topological polar surface area (TPSA) is 22.1 Å². The van der Waals surface area contributed by atoms with Gasteiger partial charge in [0, 0.05) is 12.4 Å². The number of ether oxygens (including phenoxy) is 1. The van der Waals surface area contributed by atoms with E-state index in [1.54, 1.807) is 24.5 Å². The second-order valence-electron chi connectivity index (χ2n) is 2.27. The summed E-state index contributed by atoms with van der Waals surface area (Å²) in [5, 5.41) is 0. The molecular formula is C9H14FNO. The van der Waals surface area contributed by atoms with Gasteiger partial charge in [0.25, 0.3) is 0 Å². The van der Waals surface area contributed by atoms with Gasteiger partial charge in [-0.05, 0) is 19.1 Å². The van der Waals surface area contributed by atoms with Crippen molar-refractivity contribution in [3.8, 4) is 5.75 Å². The van der Waals surface area contributed by atoms with Crippen molar-refractivity contribution in [2.75, 3.05) is 6.61 Å². The second kappa shape index (κ2) is 5.52. The van der Waals surface area contributed by atoms with E-state index in [-0.39, 0.29) is 14.0 Å². The highest BCUT2D eigenvalue weighted by molar-refractivity contribution is 5.16. The monoisotopic (exact) mass is 171 g/mol. The van der Waals surface area contributed by atoms with Crippen molar-refractivity contribution < 1.29 is 9.13 Å². The predicted octanol–water partition coefficient (Wildman–Crippen LogP) is 2.45. The van der Waals surface area contributed by atoms with Gasteiger partial charge in [-0.1, -0.05) is 7.43 Å². The lowest BCUT2D eigenvalue weighted by atomic mass is 10.4. The van der Waals surface area contributed by atoms with Crippen LogP contribution in [0.5, 0.6) is 5.75 Å². The van der Waals surface area contributed by atoms with E-state index < -0.39 is 6.17 Å². The maximum absolute atomic E-state index is 12.2. The van der Waals surface area contributed by atoms with Crippen LogP contribution in [-0.4, -0.2) is 17.8 Å². The molecule has 0 unspecified atom stereocenters. The van der Waals surface area contributed by atoms with Gasteiger partial charge in [0.15, 0.2) is 0 Å². The Labute approximate surface area is 72.4 Å². The standard InChI is InChI=1S/C8H10FNO.CH4/c1-7(9)6-11-8-2-4-10-5-3-8;/h2-5,7H,6H2,1H3;1H4/t7-;/m1./s1. The van der Waals surface area contributed by atoms with Gasteiger partial charge in [-0.15, -0.1) is 0 Å². The summed E-state index contributed by atoms with van der Waals surface area (Å²) in [6.45, 7) is 1.56. The zero-order chi connectivity index (χ0) is 8.10. The van der Waals surface area contributed by atoms with Crippen LogP contribution in [-0.2, 0) is 0 Å². The number of hydrogen-bond acceptors (Lipinski definition) is 2. The van der Waals surface area contributed by atoms with E-state index in [0.29, 0.717) is 5.75 Å². The van der Waals surface area contributed by atoms with Crippen molar-refractivity contribution in [3.63, 3.8) is 0 Å². The summed E-state index contributed by atoms with van der Waals surface area (Å²) in [6, 6.07) is 3.39. The molecule has 0 spiro atoms. The summed E-state index contributed by atoms with van der Waals surface area (Å²) >= 11 is 0. The summed E-state index contributed by atoms with van der Waals surface area (Å²) in [4.78, 5) is 3.80. The van der Waals surface area contributed by atoms with Crippen LogP contribution in [0.2, 0.25) is 0 Å². The first-order valence-corrected chi connectivity index (χ1v) is 3.46. The average molecular weight is 171 g/mol. The van der Waals surface area contributed by atoms with Crippen molar-refractivity contribution in [3.05, 3.63) is 24.5 Å². The van der Waals surface area contributed by atoms with Gasteiger partial charge in [0.1, 0.15) is 18.5 Å². The third-order valence-electron chi connectivity index (χ3n) is 1.13. The highest BCUT2D eigenvalue weighted by Gasteiger charge is 1.97. The Morgan fingerprint density at radius 3 is 2.58 bits per heavy atom. The van der Waals surface area contributed by atoms with Gasteiger partial charge in [-0.2, -0.15) is 0 Å². The second-order valence-corrected chi connectivity index (χ2v) is 2.27. The first-order chi connectivity index (χ1) is 5.29. The lowest BCUT2D eigenvalue weighted by Crippen LogP contribution is -2.07. The quantitative estimate of drug-likeness (QED) is 0.697. The number of pyridine rings is 1. The Hall–Kier alpha value is -1.12. The molecular weight excluding hydrogens is 157 g/mol. The summed E-state index contributed by atoms with van der Waals surface area (Å²) in [7, 11) is 0. The van der Waals surface area contributed by atoms with Crippen molar-refractivity contribution in [2.45, 2.75) is 20.5 Å². The normalized spacial score (nSPS) is 11.5. The molecule has 0 saturated carbocycles. The molecule has 0 aliphatic carbocycles. The van der Waals surface area contributed by atoms with E-state index >= 15 is 0 Å². The smallest absolute Gasteiger partial charge is 0.131 e. The van der Waals surface area contributed by atoms with Gasteiger partial charge in [-0.3, -0.25) is 4.98 Å². The minimum atomic E-state index is -0.928. The van der Waals surface area contributed by atoms with E-state index in [1.807, 2.05) is 0 Å². The van der Waals surface area contributed by atoms with Crippen molar-refractivity contribution in [2.24, 2.45) is 0 Å². The maximum atomic E-state index is 12.2. The largest absolute Gasteiger partial charge is 0.490 e. The molecule has 0 amide bonds. The molecule has 12 heavy (non-hydrogen) atoms. The first kappa shape index (κ1) is 10.9. The lowest BCUT2D eigenvalue weighted by molar-refractivity contribution is 0.209. The molecule has 0 fully saturated rings. The SMILES string of the molecule is C.C[C@@H](F)COc1ccncc1. The van der Waals surface area contributed by atoms with Crippen LogP contribution in [0.15, 0.2) is 24.5 Å². The molecule has 1 heterocycles. The molecule has 1 rings (SSSR count). The number of alkyl halides is 1. The van der Waals surface area contributed by atoms with Crippen LogP contribution in [0.25, 0.3) is 0 Å². The number of aromatic nitrogens is 1. The van der Waals surface area contributed by atoms with Crippen LogP contribution in [0.1, 0.15) is 14.4 Å². The number of hydrogen-bond donors (Lipinski definition) is 0. The summed E-state index contributed by atoms with van der Waals surface area (Å²) in [5.41, 5.74) is 0. The fraction of sp³-hybridized carbons (Fsp3) is 0.444. The highest BCUT2D eigenvalue weighted by Crippen LogP contribution is 2.07.